The largest absolute Gasteiger partial charge is 0.352 e. The van der Waals surface area contributed by atoms with Crippen LogP contribution >= 0.6 is 11.8 Å². The van der Waals surface area contributed by atoms with Crippen molar-refractivity contribution in [3.63, 3.8) is 0 Å². The maximum Gasteiger partial charge on any atom is 0.315 e. The Morgan fingerprint density at radius 3 is 2.48 bits per heavy atom. The van der Waals surface area contributed by atoms with Gasteiger partial charge in [-0.2, -0.15) is 0 Å². The number of amides is 3. The standard InChI is InChI=1S/C14H20FN3O2S/c1-10(13(19)16-8-7-15)18-14(20)17-9-11-3-5-12(21-2)6-4-11/h3-6,10H,7-9H2,1-2H3,(H,16,19)(H2,17,18,20)/t10-/m0/s1. The monoisotopic (exact) mass is 313 g/mol. The predicted molar refractivity (Wildman–Crippen MR) is 82.0 cm³/mol. The number of halogens is 1. The highest BCUT2D eigenvalue weighted by atomic mass is 32.2. The van der Waals surface area contributed by atoms with E-state index in [0.29, 0.717) is 6.54 Å². The molecule has 7 heteroatoms. The molecule has 0 aliphatic rings. The SMILES string of the molecule is CSc1ccc(CNC(=O)N[C@@H](C)C(=O)NCCF)cc1. The van der Waals surface area contributed by atoms with Gasteiger partial charge in [0, 0.05) is 18.0 Å². The van der Waals surface area contributed by atoms with Gasteiger partial charge in [-0.05, 0) is 30.9 Å². The molecule has 0 spiro atoms. The van der Waals surface area contributed by atoms with Gasteiger partial charge in [0.2, 0.25) is 5.91 Å². The van der Waals surface area contributed by atoms with Gasteiger partial charge in [0.25, 0.3) is 0 Å². The number of rotatable bonds is 7. The molecule has 21 heavy (non-hydrogen) atoms. The van der Waals surface area contributed by atoms with E-state index in [4.69, 9.17) is 0 Å². The molecule has 116 valence electrons. The minimum atomic E-state index is -0.713. The predicted octanol–water partition coefficient (Wildman–Crippen LogP) is 1.68. The van der Waals surface area contributed by atoms with Gasteiger partial charge >= 0.3 is 6.03 Å². The number of carbonyl (C=O) groups is 2. The third-order valence-corrected chi connectivity index (χ3v) is 3.49. The van der Waals surface area contributed by atoms with E-state index in [-0.39, 0.29) is 6.54 Å². The number of urea groups is 1. The molecule has 3 amide bonds. The first-order valence-electron chi connectivity index (χ1n) is 6.57. The van der Waals surface area contributed by atoms with Gasteiger partial charge in [-0.3, -0.25) is 4.79 Å². The molecule has 0 aliphatic heterocycles. The fourth-order valence-corrected chi connectivity index (χ4v) is 1.97. The van der Waals surface area contributed by atoms with Crippen LogP contribution in [-0.2, 0) is 11.3 Å². The van der Waals surface area contributed by atoms with E-state index < -0.39 is 24.7 Å². The molecule has 1 aromatic carbocycles. The van der Waals surface area contributed by atoms with Gasteiger partial charge in [0.05, 0.1) is 0 Å². The van der Waals surface area contributed by atoms with Crippen molar-refractivity contribution in [1.82, 2.24) is 16.0 Å². The van der Waals surface area contributed by atoms with E-state index in [9.17, 15) is 14.0 Å². The molecule has 0 radical (unpaired) electrons. The van der Waals surface area contributed by atoms with Crippen molar-refractivity contribution in [3.05, 3.63) is 29.8 Å². The molecule has 1 rings (SSSR count). The van der Waals surface area contributed by atoms with E-state index in [1.54, 1.807) is 18.7 Å². The summed E-state index contributed by atoms with van der Waals surface area (Å²) < 4.78 is 11.9. The van der Waals surface area contributed by atoms with Crippen molar-refractivity contribution >= 4 is 23.7 Å². The molecule has 0 saturated carbocycles. The minimum absolute atomic E-state index is 0.0474. The zero-order valence-electron chi connectivity index (χ0n) is 12.1. The zero-order valence-corrected chi connectivity index (χ0v) is 12.9. The summed E-state index contributed by atoms with van der Waals surface area (Å²) in [5.41, 5.74) is 0.970. The van der Waals surface area contributed by atoms with Crippen molar-refractivity contribution in [1.29, 1.82) is 0 Å². The van der Waals surface area contributed by atoms with Crippen molar-refractivity contribution in [3.8, 4) is 0 Å². The highest BCUT2D eigenvalue weighted by Gasteiger charge is 2.14. The number of nitrogens with one attached hydrogen (secondary N) is 3. The lowest BCUT2D eigenvalue weighted by atomic mass is 10.2. The van der Waals surface area contributed by atoms with Crippen LogP contribution in [0.4, 0.5) is 9.18 Å². The number of hydrogen-bond acceptors (Lipinski definition) is 3. The van der Waals surface area contributed by atoms with Gasteiger partial charge in [0.15, 0.2) is 0 Å². The highest BCUT2D eigenvalue weighted by molar-refractivity contribution is 7.98. The lowest BCUT2D eigenvalue weighted by Gasteiger charge is -2.14. The molecular formula is C14H20FN3O2S. The Labute approximate surface area is 128 Å². The van der Waals surface area contributed by atoms with Crippen molar-refractivity contribution < 1.29 is 14.0 Å². The van der Waals surface area contributed by atoms with Crippen LogP contribution < -0.4 is 16.0 Å². The summed E-state index contributed by atoms with van der Waals surface area (Å²) in [4.78, 5) is 24.3. The number of thioether (sulfide) groups is 1. The van der Waals surface area contributed by atoms with Crippen LogP contribution in [0.5, 0.6) is 0 Å². The second kappa shape index (κ2) is 9.23. The first-order valence-corrected chi connectivity index (χ1v) is 7.80. The van der Waals surface area contributed by atoms with Gasteiger partial charge in [-0.15, -0.1) is 11.8 Å². The molecule has 0 unspecified atom stereocenters. The third kappa shape index (κ3) is 6.48. The molecule has 3 N–H and O–H groups in total. The van der Waals surface area contributed by atoms with Crippen LogP contribution in [0.3, 0.4) is 0 Å². The number of carbonyl (C=O) groups excluding carboxylic acids is 2. The average molecular weight is 313 g/mol. The Balaban J connectivity index is 2.34. The fourth-order valence-electron chi connectivity index (χ4n) is 1.56. The van der Waals surface area contributed by atoms with E-state index in [0.717, 1.165) is 10.5 Å². The smallest absolute Gasteiger partial charge is 0.315 e. The summed E-state index contributed by atoms with van der Waals surface area (Å²) in [6.45, 7) is 1.24. The Morgan fingerprint density at radius 1 is 1.24 bits per heavy atom. The number of benzene rings is 1. The van der Waals surface area contributed by atoms with Gasteiger partial charge in [-0.1, -0.05) is 12.1 Å². The summed E-state index contributed by atoms with van der Waals surface area (Å²) in [5.74, 6) is -0.410. The summed E-state index contributed by atoms with van der Waals surface area (Å²) in [6.07, 6.45) is 2.00. The summed E-state index contributed by atoms with van der Waals surface area (Å²) in [7, 11) is 0. The van der Waals surface area contributed by atoms with E-state index in [1.165, 1.54) is 0 Å². The van der Waals surface area contributed by atoms with Crippen LogP contribution in [0.25, 0.3) is 0 Å². The average Bonchev–Trinajstić information content (AvgIpc) is 2.50. The van der Waals surface area contributed by atoms with Gasteiger partial charge in [0.1, 0.15) is 12.7 Å². The molecule has 0 aliphatic carbocycles. The molecule has 0 saturated heterocycles. The van der Waals surface area contributed by atoms with Crippen LogP contribution in [0, 0.1) is 0 Å². The van der Waals surface area contributed by atoms with Crippen LogP contribution in [0.1, 0.15) is 12.5 Å². The zero-order chi connectivity index (χ0) is 15.7. The fraction of sp³-hybridized carbons (Fsp3) is 0.429. The first-order chi connectivity index (χ1) is 10.1. The summed E-state index contributed by atoms with van der Waals surface area (Å²) in [6, 6.07) is 6.67. The second-order valence-electron chi connectivity index (χ2n) is 4.38. The lowest BCUT2D eigenvalue weighted by molar-refractivity contribution is -0.122. The Kier molecular flexibility index (Phi) is 7.60. The van der Waals surface area contributed by atoms with Crippen LogP contribution in [0.2, 0.25) is 0 Å². The maximum absolute atomic E-state index is 11.9. The van der Waals surface area contributed by atoms with Gasteiger partial charge in [-0.25, -0.2) is 9.18 Å². The molecule has 1 aromatic rings. The van der Waals surface area contributed by atoms with Crippen LogP contribution in [0.15, 0.2) is 29.2 Å². The lowest BCUT2D eigenvalue weighted by Crippen LogP contribution is -2.48. The topological polar surface area (TPSA) is 70.2 Å². The third-order valence-electron chi connectivity index (χ3n) is 2.75. The molecule has 0 fully saturated rings. The molecule has 1 atom stereocenters. The quantitative estimate of drug-likeness (QED) is 0.671. The maximum atomic E-state index is 11.9. The Hall–Kier alpha value is -1.76. The van der Waals surface area contributed by atoms with Crippen molar-refractivity contribution in [2.24, 2.45) is 0 Å². The van der Waals surface area contributed by atoms with E-state index in [1.807, 2.05) is 30.5 Å². The van der Waals surface area contributed by atoms with Crippen molar-refractivity contribution in [2.45, 2.75) is 24.4 Å². The van der Waals surface area contributed by atoms with Gasteiger partial charge < -0.3 is 16.0 Å². The second-order valence-corrected chi connectivity index (χ2v) is 5.26. The van der Waals surface area contributed by atoms with Crippen LogP contribution in [-0.4, -0.2) is 37.5 Å². The normalized spacial score (nSPS) is 11.6. The molecule has 0 aromatic heterocycles. The van der Waals surface area contributed by atoms with E-state index in [2.05, 4.69) is 16.0 Å². The summed E-state index contributed by atoms with van der Waals surface area (Å²) >= 11 is 1.65. The number of hydrogen-bond donors (Lipinski definition) is 3. The van der Waals surface area contributed by atoms with Crippen molar-refractivity contribution in [2.75, 3.05) is 19.5 Å². The number of alkyl halides is 1. The Bertz CT molecular complexity index is 468. The van der Waals surface area contributed by atoms with E-state index >= 15 is 0 Å². The molecular weight excluding hydrogens is 293 g/mol. The molecule has 0 heterocycles. The first kappa shape index (κ1) is 17.3. The Morgan fingerprint density at radius 2 is 1.90 bits per heavy atom. The minimum Gasteiger partial charge on any atom is -0.352 e. The molecule has 5 nitrogen and oxygen atoms in total. The summed E-state index contributed by atoms with van der Waals surface area (Å²) in [5, 5.41) is 7.53. The highest BCUT2D eigenvalue weighted by Crippen LogP contribution is 2.14. The molecule has 0 bridgehead atoms.